The van der Waals surface area contributed by atoms with Gasteiger partial charge in [0.05, 0.1) is 31.3 Å². The molecule has 1 aromatic carbocycles. The number of nitriles is 1. The number of aromatic nitrogens is 3. The highest BCUT2D eigenvalue weighted by atomic mass is 32.2. The molecule has 0 atom stereocenters. The molecule has 0 saturated carbocycles. The van der Waals surface area contributed by atoms with Gasteiger partial charge >= 0.3 is 0 Å². The lowest BCUT2D eigenvalue weighted by atomic mass is 10.1. The van der Waals surface area contributed by atoms with E-state index < -0.39 is 0 Å². The Morgan fingerprint density at radius 2 is 1.93 bits per heavy atom. The van der Waals surface area contributed by atoms with Gasteiger partial charge in [-0.3, -0.25) is 9.69 Å². The average Bonchev–Trinajstić information content (AvgIpc) is 3.09. The maximum Gasteiger partial charge on any atom is 0.230 e. The molecule has 0 radical (unpaired) electrons. The Balaban J connectivity index is 1.69. The summed E-state index contributed by atoms with van der Waals surface area (Å²) in [5, 5.41) is 20.9. The molecule has 8 heteroatoms. The summed E-state index contributed by atoms with van der Waals surface area (Å²) in [5.74, 6) is 1.12. The van der Waals surface area contributed by atoms with Crippen LogP contribution in [0, 0.1) is 11.3 Å². The zero-order chi connectivity index (χ0) is 19.6. The Morgan fingerprint density at radius 1 is 1.14 bits per heavy atom. The van der Waals surface area contributed by atoms with E-state index in [1.165, 1.54) is 36.6 Å². The van der Waals surface area contributed by atoms with Crippen LogP contribution in [0.1, 0.15) is 37.1 Å². The van der Waals surface area contributed by atoms with Crippen molar-refractivity contribution in [3.05, 3.63) is 41.7 Å². The van der Waals surface area contributed by atoms with Gasteiger partial charge in [-0.25, -0.2) is 0 Å². The molecule has 1 aliphatic rings. The second-order valence-electron chi connectivity index (χ2n) is 6.85. The molecule has 148 valence electrons. The van der Waals surface area contributed by atoms with Crippen LogP contribution in [0.2, 0.25) is 0 Å². The number of amides is 1. The Labute approximate surface area is 170 Å². The van der Waals surface area contributed by atoms with Crippen molar-refractivity contribution in [2.24, 2.45) is 0 Å². The monoisotopic (exact) mass is 398 g/mol. The third-order valence-corrected chi connectivity index (χ3v) is 5.65. The molecule has 1 fully saturated rings. The molecule has 1 aromatic heterocycles. The Morgan fingerprint density at radius 3 is 2.68 bits per heavy atom. The van der Waals surface area contributed by atoms with Crippen LogP contribution in [-0.2, 0) is 17.9 Å². The standard InChI is InChI=1S/C20H26N6OS/c21-10-7-11-22-19(27)16-28-20-24-23-18(15-25-12-5-2-6-13-25)26(20)14-17-8-3-1-4-9-17/h1,3-4,8-9H,2,5-7,11-16H2,(H,22,27). The zero-order valence-corrected chi connectivity index (χ0v) is 16.8. The highest BCUT2D eigenvalue weighted by molar-refractivity contribution is 7.99. The van der Waals surface area contributed by atoms with Crippen LogP contribution in [0.5, 0.6) is 0 Å². The molecule has 0 aliphatic carbocycles. The Bertz CT molecular complexity index is 795. The van der Waals surface area contributed by atoms with E-state index in [1.807, 2.05) is 24.3 Å². The number of likely N-dealkylation sites (tertiary alicyclic amines) is 1. The number of nitrogens with zero attached hydrogens (tertiary/aromatic N) is 5. The van der Waals surface area contributed by atoms with Gasteiger partial charge in [0.15, 0.2) is 5.16 Å². The molecule has 1 aliphatic heterocycles. The van der Waals surface area contributed by atoms with Gasteiger partial charge in [-0.15, -0.1) is 10.2 Å². The first kappa shape index (κ1) is 20.4. The summed E-state index contributed by atoms with van der Waals surface area (Å²) >= 11 is 1.39. The van der Waals surface area contributed by atoms with Crippen molar-refractivity contribution >= 4 is 17.7 Å². The van der Waals surface area contributed by atoms with Crippen molar-refractivity contribution in [3.8, 4) is 6.07 Å². The van der Waals surface area contributed by atoms with Gasteiger partial charge in [0.25, 0.3) is 0 Å². The van der Waals surface area contributed by atoms with E-state index in [-0.39, 0.29) is 11.7 Å². The topological polar surface area (TPSA) is 86.8 Å². The van der Waals surface area contributed by atoms with Crippen LogP contribution in [0.4, 0.5) is 0 Å². The minimum atomic E-state index is -0.0907. The number of carbonyl (C=O) groups excluding carboxylic acids is 1. The van der Waals surface area contributed by atoms with Crippen LogP contribution in [0.15, 0.2) is 35.5 Å². The van der Waals surface area contributed by atoms with E-state index >= 15 is 0 Å². The molecule has 1 N–H and O–H groups in total. The maximum atomic E-state index is 12.0. The number of nitrogens with one attached hydrogen (secondary N) is 1. The number of hydrogen-bond donors (Lipinski definition) is 1. The molecule has 0 unspecified atom stereocenters. The van der Waals surface area contributed by atoms with Gasteiger partial charge in [0.2, 0.25) is 5.91 Å². The van der Waals surface area contributed by atoms with E-state index in [9.17, 15) is 4.79 Å². The lowest BCUT2D eigenvalue weighted by Gasteiger charge is -2.26. The van der Waals surface area contributed by atoms with Crippen molar-refractivity contribution in [1.29, 1.82) is 5.26 Å². The molecule has 28 heavy (non-hydrogen) atoms. The molecular formula is C20H26N6OS. The van der Waals surface area contributed by atoms with Crippen molar-refractivity contribution in [1.82, 2.24) is 25.0 Å². The molecule has 2 aromatic rings. The molecule has 0 spiro atoms. The van der Waals surface area contributed by atoms with Gasteiger partial charge in [-0.1, -0.05) is 48.5 Å². The minimum Gasteiger partial charge on any atom is -0.354 e. The largest absolute Gasteiger partial charge is 0.354 e. The fourth-order valence-corrected chi connectivity index (χ4v) is 4.01. The number of carbonyl (C=O) groups is 1. The van der Waals surface area contributed by atoms with E-state index in [2.05, 4.69) is 37.1 Å². The smallest absolute Gasteiger partial charge is 0.230 e. The van der Waals surface area contributed by atoms with Gasteiger partial charge < -0.3 is 9.88 Å². The molecular weight excluding hydrogens is 372 g/mol. The first-order chi connectivity index (χ1) is 13.8. The highest BCUT2D eigenvalue weighted by Gasteiger charge is 2.18. The van der Waals surface area contributed by atoms with E-state index in [0.717, 1.165) is 30.6 Å². The summed E-state index contributed by atoms with van der Waals surface area (Å²) < 4.78 is 2.12. The van der Waals surface area contributed by atoms with Crippen molar-refractivity contribution < 1.29 is 4.79 Å². The fraction of sp³-hybridized carbons (Fsp3) is 0.500. The highest BCUT2D eigenvalue weighted by Crippen LogP contribution is 2.20. The van der Waals surface area contributed by atoms with Crippen molar-refractivity contribution in [3.63, 3.8) is 0 Å². The quantitative estimate of drug-likeness (QED) is 0.516. The Kier molecular flexibility index (Phi) is 7.88. The number of hydrogen-bond acceptors (Lipinski definition) is 6. The van der Waals surface area contributed by atoms with Crippen LogP contribution in [-0.4, -0.2) is 51.0 Å². The summed E-state index contributed by atoms with van der Waals surface area (Å²) in [5.41, 5.74) is 1.18. The third-order valence-electron chi connectivity index (χ3n) is 4.68. The first-order valence-electron chi connectivity index (χ1n) is 9.71. The molecule has 3 rings (SSSR count). The van der Waals surface area contributed by atoms with E-state index in [1.54, 1.807) is 0 Å². The summed E-state index contributed by atoms with van der Waals surface area (Å²) in [7, 11) is 0. The molecule has 0 bridgehead atoms. The normalized spacial score (nSPS) is 14.5. The third kappa shape index (κ3) is 6.08. The molecule has 7 nitrogen and oxygen atoms in total. The summed E-state index contributed by atoms with van der Waals surface area (Å²) in [6.07, 6.45) is 4.09. The fourth-order valence-electron chi connectivity index (χ4n) is 3.22. The lowest BCUT2D eigenvalue weighted by Crippen LogP contribution is -2.30. The second kappa shape index (κ2) is 10.8. The Hall–Kier alpha value is -2.37. The zero-order valence-electron chi connectivity index (χ0n) is 16.0. The predicted octanol–water partition coefficient (Wildman–Crippen LogP) is 2.43. The SMILES string of the molecule is N#CCCNC(=O)CSc1nnc(CN2CCCCC2)n1Cc1ccccc1. The number of thioether (sulfide) groups is 1. The molecule has 1 amide bonds. The van der Waals surface area contributed by atoms with Gasteiger partial charge in [-0.05, 0) is 31.5 Å². The predicted molar refractivity (Wildman–Crippen MR) is 109 cm³/mol. The number of benzene rings is 1. The number of rotatable bonds is 9. The summed E-state index contributed by atoms with van der Waals surface area (Å²) in [4.78, 5) is 14.4. The first-order valence-corrected chi connectivity index (χ1v) is 10.7. The number of piperidine rings is 1. The van der Waals surface area contributed by atoms with Crippen LogP contribution in [0.3, 0.4) is 0 Å². The van der Waals surface area contributed by atoms with Crippen LogP contribution < -0.4 is 5.32 Å². The van der Waals surface area contributed by atoms with Crippen molar-refractivity contribution in [2.45, 2.75) is 43.9 Å². The van der Waals surface area contributed by atoms with Crippen LogP contribution in [0.25, 0.3) is 0 Å². The lowest BCUT2D eigenvalue weighted by molar-refractivity contribution is -0.118. The minimum absolute atomic E-state index is 0.0907. The van der Waals surface area contributed by atoms with E-state index in [4.69, 9.17) is 5.26 Å². The molecule has 1 saturated heterocycles. The van der Waals surface area contributed by atoms with Crippen LogP contribution >= 0.6 is 11.8 Å². The summed E-state index contributed by atoms with van der Waals surface area (Å²) in [6.45, 7) is 4.06. The maximum absolute atomic E-state index is 12.0. The van der Waals surface area contributed by atoms with Gasteiger partial charge in [0.1, 0.15) is 5.82 Å². The average molecular weight is 399 g/mol. The van der Waals surface area contributed by atoms with E-state index in [0.29, 0.717) is 19.5 Å². The second-order valence-corrected chi connectivity index (χ2v) is 7.80. The van der Waals surface area contributed by atoms with Crippen molar-refractivity contribution in [2.75, 3.05) is 25.4 Å². The van der Waals surface area contributed by atoms with Gasteiger partial charge in [0, 0.05) is 6.54 Å². The molecule has 2 heterocycles. The van der Waals surface area contributed by atoms with Gasteiger partial charge in [-0.2, -0.15) is 5.26 Å². The summed E-state index contributed by atoms with van der Waals surface area (Å²) in [6, 6.07) is 12.3.